The molecular formula is C20H19ClN2O2S. The number of nitrogens with one attached hydrogen (secondary N) is 2. The highest BCUT2D eigenvalue weighted by atomic mass is 35.5. The van der Waals surface area contributed by atoms with Crippen molar-refractivity contribution in [2.75, 3.05) is 11.9 Å². The van der Waals surface area contributed by atoms with Gasteiger partial charge in [0.05, 0.1) is 11.6 Å². The molecule has 3 rings (SSSR count). The van der Waals surface area contributed by atoms with Gasteiger partial charge in [-0.3, -0.25) is 9.59 Å². The van der Waals surface area contributed by atoms with Crippen LogP contribution in [0, 0.1) is 0 Å². The molecule has 134 valence electrons. The van der Waals surface area contributed by atoms with Gasteiger partial charge in [0, 0.05) is 15.8 Å². The second-order valence-electron chi connectivity index (χ2n) is 6.25. The monoisotopic (exact) mass is 386 g/mol. The van der Waals surface area contributed by atoms with Gasteiger partial charge in [-0.15, -0.1) is 11.3 Å². The number of carbonyl (C=O) groups is 2. The zero-order valence-corrected chi connectivity index (χ0v) is 16.1. The number of hydrogen-bond acceptors (Lipinski definition) is 3. The molecule has 4 nitrogen and oxygen atoms in total. The maximum Gasteiger partial charge on any atom is 0.263 e. The van der Waals surface area contributed by atoms with Crippen LogP contribution in [-0.2, 0) is 4.79 Å². The number of hydrogen-bond donors (Lipinski definition) is 2. The highest BCUT2D eigenvalue weighted by molar-refractivity contribution is 7.21. The van der Waals surface area contributed by atoms with E-state index in [1.165, 1.54) is 16.9 Å². The molecule has 0 aliphatic rings. The van der Waals surface area contributed by atoms with Crippen molar-refractivity contribution in [1.29, 1.82) is 0 Å². The summed E-state index contributed by atoms with van der Waals surface area (Å²) in [5.74, 6) is -0.195. The minimum atomic E-state index is -0.346. The molecule has 3 aromatic rings. The summed E-state index contributed by atoms with van der Waals surface area (Å²) in [6, 6.07) is 15.2. The lowest BCUT2D eigenvalue weighted by atomic mass is 10.0. The molecule has 0 aliphatic carbocycles. The first-order valence-corrected chi connectivity index (χ1v) is 9.50. The minimum absolute atomic E-state index is 0.116. The molecule has 0 aliphatic heterocycles. The molecule has 0 saturated carbocycles. The lowest BCUT2D eigenvalue weighted by molar-refractivity contribution is -0.115. The first-order valence-electron chi connectivity index (χ1n) is 8.30. The van der Waals surface area contributed by atoms with Crippen LogP contribution < -0.4 is 10.6 Å². The number of anilines is 1. The minimum Gasteiger partial charge on any atom is -0.342 e. The average molecular weight is 387 g/mol. The number of carbonyl (C=O) groups excluding carboxylic acids is 2. The number of amides is 2. The summed E-state index contributed by atoms with van der Waals surface area (Å²) in [4.78, 5) is 24.8. The molecule has 0 bridgehead atoms. The second-order valence-corrected chi connectivity index (χ2v) is 7.68. The molecule has 0 saturated heterocycles. The predicted octanol–water partition coefficient (Wildman–Crippen LogP) is 5.05. The maximum atomic E-state index is 12.3. The predicted molar refractivity (Wildman–Crippen MR) is 108 cm³/mol. The van der Waals surface area contributed by atoms with Crippen LogP contribution in [-0.4, -0.2) is 18.4 Å². The highest BCUT2D eigenvalue weighted by Crippen LogP contribution is 2.34. The van der Waals surface area contributed by atoms with Crippen molar-refractivity contribution < 1.29 is 9.59 Å². The third-order valence-electron chi connectivity index (χ3n) is 4.01. The Bertz CT molecular complexity index is 948. The molecule has 2 aromatic carbocycles. The lowest BCUT2D eigenvalue weighted by Crippen LogP contribution is -2.32. The van der Waals surface area contributed by atoms with Crippen LogP contribution in [0.3, 0.4) is 0 Å². The zero-order chi connectivity index (χ0) is 18.7. The summed E-state index contributed by atoms with van der Waals surface area (Å²) < 4.78 is 0.942. The number of fused-ring (bicyclic) bond motifs is 1. The lowest BCUT2D eigenvalue weighted by Gasteiger charge is -2.09. The van der Waals surface area contributed by atoms with Crippen LogP contribution in [0.2, 0.25) is 5.02 Å². The summed E-state index contributed by atoms with van der Waals surface area (Å²) >= 11 is 7.60. The molecule has 1 aromatic heterocycles. The number of rotatable bonds is 5. The highest BCUT2D eigenvalue weighted by Gasteiger charge is 2.17. The largest absolute Gasteiger partial charge is 0.342 e. The number of halogens is 1. The van der Waals surface area contributed by atoms with Gasteiger partial charge in [0.2, 0.25) is 5.91 Å². The van der Waals surface area contributed by atoms with Crippen molar-refractivity contribution in [2.24, 2.45) is 0 Å². The van der Waals surface area contributed by atoms with Crippen molar-refractivity contribution in [3.63, 3.8) is 0 Å². The molecule has 0 atom stereocenters. The zero-order valence-electron chi connectivity index (χ0n) is 14.5. The molecule has 0 radical (unpaired) electrons. The molecular weight excluding hydrogens is 368 g/mol. The van der Waals surface area contributed by atoms with Crippen molar-refractivity contribution in [3.8, 4) is 0 Å². The van der Waals surface area contributed by atoms with Crippen molar-refractivity contribution in [1.82, 2.24) is 5.32 Å². The van der Waals surface area contributed by atoms with Gasteiger partial charge in [0.15, 0.2) is 0 Å². The van der Waals surface area contributed by atoms with Crippen LogP contribution in [0.25, 0.3) is 10.1 Å². The van der Waals surface area contributed by atoms with Crippen LogP contribution in [0.4, 0.5) is 5.69 Å². The number of thiophene rings is 1. The van der Waals surface area contributed by atoms with Gasteiger partial charge in [-0.1, -0.05) is 55.8 Å². The van der Waals surface area contributed by atoms with Crippen molar-refractivity contribution >= 4 is 50.5 Å². The smallest absolute Gasteiger partial charge is 0.263 e. The van der Waals surface area contributed by atoms with E-state index in [0.717, 1.165) is 10.1 Å². The Morgan fingerprint density at radius 1 is 1.08 bits per heavy atom. The van der Waals surface area contributed by atoms with E-state index in [9.17, 15) is 9.59 Å². The normalized spacial score (nSPS) is 10.9. The van der Waals surface area contributed by atoms with E-state index in [1.807, 2.05) is 48.5 Å². The Morgan fingerprint density at radius 2 is 1.77 bits per heavy atom. The Kier molecular flexibility index (Phi) is 5.59. The Morgan fingerprint density at radius 3 is 2.42 bits per heavy atom. The molecule has 0 fully saturated rings. The fraction of sp³-hybridized carbons (Fsp3) is 0.200. The van der Waals surface area contributed by atoms with E-state index in [1.54, 1.807) is 0 Å². The first-order chi connectivity index (χ1) is 12.5. The first kappa shape index (κ1) is 18.4. The molecule has 2 N–H and O–H groups in total. The van der Waals surface area contributed by atoms with Gasteiger partial charge in [-0.2, -0.15) is 0 Å². The summed E-state index contributed by atoms with van der Waals surface area (Å²) in [6.07, 6.45) is 0. The Hall–Kier alpha value is -2.37. The molecule has 2 amide bonds. The van der Waals surface area contributed by atoms with Crippen LogP contribution >= 0.6 is 22.9 Å². The maximum absolute atomic E-state index is 12.3. The van der Waals surface area contributed by atoms with Gasteiger partial charge < -0.3 is 10.6 Å². The fourth-order valence-corrected chi connectivity index (χ4v) is 3.99. The van der Waals surface area contributed by atoms with Gasteiger partial charge >= 0.3 is 0 Å². The molecule has 0 spiro atoms. The number of benzene rings is 2. The molecule has 6 heteroatoms. The van der Waals surface area contributed by atoms with Crippen LogP contribution in [0.15, 0.2) is 48.5 Å². The van der Waals surface area contributed by atoms with E-state index in [4.69, 9.17) is 11.6 Å². The molecule has 1 heterocycles. The van der Waals surface area contributed by atoms with Crippen molar-refractivity contribution in [3.05, 3.63) is 64.0 Å². The van der Waals surface area contributed by atoms with Gasteiger partial charge in [-0.25, -0.2) is 0 Å². The van der Waals surface area contributed by atoms with Gasteiger partial charge in [-0.05, 0) is 29.7 Å². The van der Waals surface area contributed by atoms with E-state index in [2.05, 4.69) is 24.5 Å². The van der Waals surface area contributed by atoms with Crippen LogP contribution in [0.1, 0.15) is 35.0 Å². The average Bonchev–Trinajstić information content (AvgIpc) is 2.97. The van der Waals surface area contributed by atoms with Crippen molar-refractivity contribution in [2.45, 2.75) is 19.8 Å². The summed E-state index contributed by atoms with van der Waals surface area (Å²) in [5, 5.41) is 6.67. The third kappa shape index (κ3) is 4.06. The molecule has 0 unspecified atom stereocenters. The van der Waals surface area contributed by atoms with Gasteiger partial charge in [0.1, 0.15) is 4.88 Å². The quantitative estimate of drug-likeness (QED) is 0.644. The van der Waals surface area contributed by atoms with E-state index in [-0.39, 0.29) is 18.4 Å². The summed E-state index contributed by atoms with van der Waals surface area (Å²) in [5.41, 5.74) is 1.91. The molecule has 26 heavy (non-hydrogen) atoms. The fourth-order valence-electron chi connectivity index (χ4n) is 2.56. The van der Waals surface area contributed by atoms with E-state index in [0.29, 0.717) is 21.5 Å². The SMILES string of the molecule is CC(C)c1ccc(NC(=O)CNC(=O)c2sc3ccccc3c2Cl)cc1. The van der Waals surface area contributed by atoms with E-state index >= 15 is 0 Å². The summed E-state index contributed by atoms with van der Waals surface area (Å²) in [7, 11) is 0. The topological polar surface area (TPSA) is 58.2 Å². The second kappa shape index (κ2) is 7.89. The standard InChI is InChI=1S/C20H19ClN2O2S/c1-12(2)13-7-9-14(10-8-13)23-17(24)11-22-20(25)19-18(21)15-5-3-4-6-16(15)26-19/h3-10,12H,11H2,1-2H3,(H,22,25)(H,23,24). The Balaban J connectivity index is 1.60. The third-order valence-corrected chi connectivity index (χ3v) is 5.69. The Labute approximate surface area is 161 Å². The van der Waals surface area contributed by atoms with E-state index < -0.39 is 0 Å². The summed E-state index contributed by atoms with van der Waals surface area (Å²) in [6.45, 7) is 4.11. The van der Waals surface area contributed by atoms with Gasteiger partial charge in [0.25, 0.3) is 5.91 Å². The van der Waals surface area contributed by atoms with Crippen LogP contribution in [0.5, 0.6) is 0 Å².